The van der Waals surface area contributed by atoms with E-state index in [1.165, 1.54) is 18.4 Å². The van der Waals surface area contributed by atoms with Gasteiger partial charge in [0.05, 0.1) is 4.88 Å². The van der Waals surface area contributed by atoms with Crippen molar-refractivity contribution in [2.45, 2.75) is 6.54 Å². The quantitative estimate of drug-likeness (QED) is 0.713. The Labute approximate surface area is 149 Å². The number of ether oxygens (including phenoxy) is 1. The van der Waals surface area contributed by atoms with Crippen LogP contribution in [0.2, 0.25) is 0 Å². The first-order chi connectivity index (χ1) is 12.2. The van der Waals surface area contributed by atoms with Crippen molar-refractivity contribution in [1.29, 1.82) is 0 Å². The Kier molecular flexibility index (Phi) is 5.42. The number of rotatable bonds is 6. The zero-order valence-corrected chi connectivity index (χ0v) is 14.6. The maximum Gasteiger partial charge on any atom is 0.261 e. The lowest BCUT2D eigenvalue weighted by atomic mass is 10.2. The Balaban J connectivity index is 1.62. The second-order valence-electron chi connectivity index (χ2n) is 5.51. The third-order valence-electron chi connectivity index (χ3n) is 3.59. The largest absolute Gasteiger partial charge is 0.375 e. The number of amides is 2. The third kappa shape index (κ3) is 4.43. The van der Waals surface area contributed by atoms with Crippen molar-refractivity contribution >= 4 is 38.9 Å². The van der Waals surface area contributed by atoms with Crippen LogP contribution in [-0.2, 0) is 16.1 Å². The molecular formula is C19H18N2O3S. The standard InChI is InChI=1S/C19H18N2O3S/c1-24-12-18(22)21-15-7-4-5-13(9-15)11-20-19(23)17-10-14-6-2-3-8-16(14)25-17/h2-10H,11-12H2,1H3,(H,20,23)(H,21,22). The SMILES string of the molecule is COCC(=O)Nc1cccc(CNC(=O)c2cc3ccccc3s2)c1. The topological polar surface area (TPSA) is 67.4 Å². The highest BCUT2D eigenvalue weighted by atomic mass is 32.1. The fraction of sp³-hybridized carbons (Fsp3) is 0.158. The van der Waals surface area contributed by atoms with Crippen LogP contribution in [0.1, 0.15) is 15.2 Å². The van der Waals surface area contributed by atoms with Crippen molar-refractivity contribution < 1.29 is 14.3 Å². The van der Waals surface area contributed by atoms with E-state index in [0.29, 0.717) is 17.1 Å². The van der Waals surface area contributed by atoms with Gasteiger partial charge in [-0.2, -0.15) is 0 Å². The van der Waals surface area contributed by atoms with Gasteiger partial charge in [0.1, 0.15) is 6.61 Å². The zero-order valence-electron chi connectivity index (χ0n) is 13.7. The van der Waals surface area contributed by atoms with Crippen LogP contribution < -0.4 is 10.6 Å². The van der Waals surface area contributed by atoms with Gasteiger partial charge in [-0.25, -0.2) is 0 Å². The van der Waals surface area contributed by atoms with Crippen molar-refractivity contribution in [3.8, 4) is 0 Å². The van der Waals surface area contributed by atoms with Crippen LogP contribution in [0, 0.1) is 0 Å². The molecule has 2 N–H and O–H groups in total. The predicted molar refractivity (Wildman–Crippen MR) is 99.9 cm³/mol. The van der Waals surface area contributed by atoms with Gasteiger partial charge in [-0.1, -0.05) is 30.3 Å². The lowest BCUT2D eigenvalue weighted by molar-refractivity contribution is -0.119. The van der Waals surface area contributed by atoms with E-state index in [1.807, 2.05) is 48.5 Å². The Hall–Kier alpha value is -2.70. The number of benzene rings is 2. The Morgan fingerprint density at radius 1 is 1.08 bits per heavy atom. The molecule has 6 heteroatoms. The molecule has 0 spiro atoms. The van der Waals surface area contributed by atoms with Crippen LogP contribution in [0.25, 0.3) is 10.1 Å². The van der Waals surface area contributed by atoms with Crippen LogP contribution >= 0.6 is 11.3 Å². The maximum absolute atomic E-state index is 12.3. The minimum atomic E-state index is -0.214. The molecule has 2 amide bonds. The summed E-state index contributed by atoms with van der Waals surface area (Å²) in [5.74, 6) is -0.316. The summed E-state index contributed by atoms with van der Waals surface area (Å²) in [6.45, 7) is 0.397. The lowest BCUT2D eigenvalue weighted by Crippen LogP contribution is -2.22. The summed E-state index contributed by atoms with van der Waals surface area (Å²) in [6, 6.07) is 17.2. The number of anilines is 1. The minimum Gasteiger partial charge on any atom is -0.375 e. The van der Waals surface area contributed by atoms with Crippen molar-refractivity contribution in [3.05, 3.63) is 65.0 Å². The normalized spacial score (nSPS) is 10.6. The van der Waals surface area contributed by atoms with Gasteiger partial charge in [0.25, 0.3) is 5.91 Å². The number of carbonyl (C=O) groups is 2. The number of nitrogens with one attached hydrogen (secondary N) is 2. The molecule has 0 atom stereocenters. The van der Waals surface area contributed by atoms with Crippen LogP contribution in [0.15, 0.2) is 54.6 Å². The summed E-state index contributed by atoms with van der Waals surface area (Å²) in [5, 5.41) is 6.73. The molecule has 2 aromatic carbocycles. The van der Waals surface area contributed by atoms with E-state index in [9.17, 15) is 9.59 Å². The molecule has 0 aliphatic rings. The van der Waals surface area contributed by atoms with E-state index in [2.05, 4.69) is 10.6 Å². The third-order valence-corrected chi connectivity index (χ3v) is 4.70. The molecule has 0 saturated heterocycles. The molecule has 0 bridgehead atoms. The summed E-state index contributed by atoms with van der Waals surface area (Å²) in [5.41, 5.74) is 1.58. The molecule has 25 heavy (non-hydrogen) atoms. The zero-order chi connectivity index (χ0) is 17.6. The van der Waals surface area contributed by atoms with Gasteiger partial charge in [0, 0.05) is 24.0 Å². The second kappa shape index (κ2) is 7.92. The smallest absolute Gasteiger partial charge is 0.261 e. The van der Waals surface area contributed by atoms with Gasteiger partial charge >= 0.3 is 0 Å². The number of methoxy groups -OCH3 is 1. The van der Waals surface area contributed by atoms with Crippen molar-refractivity contribution in [2.24, 2.45) is 0 Å². The molecule has 3 aromatic rings. The van der Waals surface area contributed by atoms with E-state index >= 15 is 0 Å². The summed E-state index contributed by atoms with van der Waals surface area (Å²) in [6.07, 6.45) is 0. The van der Waals surface area contributed by atoms with Gasteiger partial charge in [0.15, 0.2) is 0 Å². The molecule has 0 aliphatic carbocycles. The van der Waals surface area contributed by atoms with E-state index < -0.39 is 0 Å². The molecule has 0 saturated carbocycles. The first kappa shape index (κ1) is 17.1. The number of hydrogen-bond donors (Lipinski definition) is 2. The number of carbonyl (C=O) groups excluding carboxylic acids is 2. The fourth-order valence-corrected chi connectivity index (χ4v) is 3.43. The molecule has 3 rings (SSSR count). The summed E-state index contributed by atoms with van der Waals surface area (Å²) >= 11 is 1.47. The fourth-order valence-electron chi connectivity index (χ4n) is 2.45. The van der Waals surface area contributed by atoms with Crippen molar-refractivity contribution in [2.75, 3.05) is 19.0 Å². The van der Waals surface area contributed by atoms with Crippen LogP contribution in [0.3, 0.4) is 0 Å². The molecule has 0 radical (unpaired) electrons. The Morgan fingerprint density at radius 3 is 2.72 bits per heavy atom. The van der Waals surface area contributed by atoms with Crippen molar-refractivity contribution in [3.63, 3.8) is 0 Å². The predicted octanol–water partition coefficient (Wildman–Crippen LogP) is 3.42. The minimum absolute atomic E-state index is 0.00685. The number of fused-ring (bicyclic) bond motifs is 1. The first-order valence-electron chi connectivity index (χ1n) is 7.80. The Morgan fingerprint density at radius 2 is 1.92 bits per heavy atom. The van der Waals surface area contributed by atoms with E-state index in [-0.39, 0.29) is 18.4 Å². The number of thiophene rings is 1. The summed E-state index contributed by atoms with van der Waals surface area (Å²) in [7, 11) is 1.47. The lowest BCUT2D eigenvalue weighted by Gasteiger charge is -2.08. The Bertz CT molecular complexity index is 871. The average Bonchev–Trinajstić information content (AvgIpc) is 3.04. The highest BCUT2D eigenvalue weighted by molar-refractivity contribution is 7.20. The molecule has 0 unspecified atom stereocenters. The summed E-state index contributed by atoms with van der Waals surface area (Å²) in [4.78, 5) is 24.6. The van der Waals surface area contributed by atoms with Gasteiger partial charge in [-0.3, -0.25) is 9.59 Å². The first-order valence-corrected chi connectivity index (χ1v) is 8.62. The molecule has 0 fully saturated rings. The molecule has 0 aliphatic heterocycles. The number of hydrogen-bond acceptors (Lipinski definition) is 4. The van der Waals surface area contributed by atoms with Gasteiger partial charge in [-0.15, -0.1) is 11.3 Å². The average molecular weight is 354 g/mol. The van der Waals surface area contributed by atoms with E-state index in [1.54, 1.807) is 6.07 Å². The molecule has 1 heterocycles. The van der Waals surface area contributed by atoms with Crippen LogP contribution in [0.5, 0.6) is 0 Å². The van der Waals surface area contributed by atoms with Gasteiger partial charge in [-0.05, 0) is 35.2 Å². The molecular weight excluding hydrogens is 336 g/mol. The summed E-state index contributed by atoms with van der Waals surface area (Å²) < 4.78 is 5.88. The molecule has 128 valence electrons. The van der Waals surface area contributed by atoms with E-state index in [4.69, 9.17) is 4.74 Å². The van der Waals surface area contributed by atoms with Crippen LogP contribution in [-0.4, -0.2) is 25.5 Å². The highest BCUT2D eigenvalue weighted by Crippen LogP contribution is 2.25. The van der Waals surface area contributed by atoms with Crippen LogP contribution in [0.4, 0.5) is 5.69 Å². The monoisotopic (exact) mass is 354 g/mol. The van der Waals surface area contributed by atoms with E-state index in [0.717, 1.165) is 15.6 Å². The second-order valence-corrected chi connectivity index (χ2v) is 6.60. The maximum atomic E-state index is 12.3. The molecule has 5 nitrogen and oxygen atoms in total. The molecule has 1 aromatic heterocycles. The van der Waals surface area contributed by atoms with Gasteiger partial charge in [0.2, 0.25) is 5.91 Å². The van der Waals surface area contributed by atoms with Crippen molar-refractivity contribution in [1.82, 2.24) is 5.32 Å². The van der Waals surface area contributed by atoms with Gasteiger partial charge < -0.3 is 15.4 Å². The highest BCUT2D eigenvalue weighted by Gasteiger charge is 2.10.